The molecule has 0 aliphatic heterocycles. The fourth-order valence-corrected chi connectivity index (χ4v) is 3.19. The predicted octanol–water partition coefficient (Wildman–Crippen LogP) is 3.48. The first kappa shape index (κ1) is 14.7. The molecule has 1 aromatic heterocycles. The molecule has 0 amide bonds. The molecule has 17 heavy (non-hydrogen) atoms. The molecule has 3 heteroatoms. The lowest BCUT2D eigenvalue weighted by molar-refractivity contribution is 0.223. The Hall–Kier alpha value is -0.380. The molecule has 0 aromatic carbocycles. The Morgan fingerprint density at radius 1 is 1.18 bits per heavy atom. The topological polar surface area (TPSA) is 15.3 Å². The van der Waals surface area contributed by atoms with Gasteiger partial charge in [0.1, 0.15) is 0 Å². The molecule has 0 fully saturated rings. The third-order valence-electron chi connectivity index (χ3n) is 3.24. The van der Waals surface area contributed by atoms with E-state index in [1.165, 1.54) is 22.6 Å². The lowest BCUT2D eigenvalue weighted by Gasteiger charge is -2.25. The van der Waals surface area contributed by atoms with Gasteiger partial charge >= 0.3 is 0 Å². The van der Waals surface area contributed by atoms with Crippen molar-refractivity contribution in [2.75, 3.05) is 13.6 Å². The van der Waals surface area contributed by atoms with Crippen LogP contribution in [0.2, 0.25) is 0 Å². The van der Waals surface area contributed by atoms with E-state index in [9.17, 15) is 0 Å². The van der Waals surface area contributed by atoms with Gasteiger partial charge in [0.2, 0.25) is 0 Å². The summed E-state index contributed by atoms with van der Waals surface area (Å²) >= 11 is 1.94. The smallest absolute Gasteiger partial charge is 0.0327 e. The SMILES string of the molecule is CCNCc1ccc(CN(C)C(CC)CC)s1. The molecular weight excluding hydrogens is 228 g/mol. The van der Waals surface area contributed by atoms with Crippen LogP contribution in [0.3, 0.4) is 0 Å². The molecule has 0 radical (unpaired) electrons. The first-order valence-electron chi connectivity index (χ1n) is 6.69. The van der Waals surface area contributed by atoms with Crippen LogP contribution in [0.5, 0.6) is 0 Å². The first-order valence-corrected chi connectivity index (χ1v) is 7.51. The highest BCUT2D eigenvalue weighted by Crippen LogP contribution is 2.19. The average molecular weight is 254 g/mol. The van der Waals surface area contributed by atoms with Gasteiger partial charge in [-0.05, 0) is 38.6 Å². The van der Waals surface area contributed by atoms with E-state index in [2.05, 4.69) is 50.2 Å². The number of thiophene rings is 1. The van der Waals surface area contributed by atoms with Crippen LogP contribution >= 0.6 is 11.3 Å². The highest BCUT2D eigenvalue weighted by atomic mass is 32.1. The fraction of sp³-hybridized carbons (Fsp3) is 0.714. The Morgan fingerprint density at radius 2 is 1.82 bits per heavy atom. The predicted molar refractivity (Wildman–Crippen MR) is 77.5 cm³/mol. The Labute approximate surface area is 110 Å². The largest absolute Gasteiger partial charge is 0.312 e. The van der Waals surface area contributed by atoms with Gasteiger partial charge in [-0.15, -0.1) is 11.3 Å². The van der Waals surface area contributed by atoms with Crippen molar-refractivity contribution in [3.8, 4) is 0 Å². The minimum absolute atomic E-state index is 0.717. The van der Waals surface area contributed by atoms with Crippen LogP contribution in [-0.4, -0.2) is 24.5 Å². The highest BCUT2D eigenvalue weighted by Gasteiger charge is 2.11. The maximum Gasteiger partial charge on any atom is 0.0327 e. The molecule has 1 N–H and O–H groups in total. The molecule has 0 saturated heterocycles. The molecular formula is C14H26N2S. The van der Waals surface area contributed by atoms with Gasteiger partial charge < -0.3 is 5.32 Å². The van der Waals surface area contributed by atoms with Gasteiger partial charge in [-0.3, -0.25) is 4.90 Å². The summed E-state index contributed by atoms with van der Waals surface area (Å²) in [4.78, 5) is 5.40. The van der Waals surface area contributed by atoms with E-state index in [-0.39, 0.29) is 0 Å². The van der Waals surface area contributed by atoms with E-state index in [4.69, 9.17) is 0 Å². The summed E-state index contributed by atoms with van der Waals surface area (Å²) in [5.74, 6) is 0. The number of hydrogen-bond donors (Lipinski definition) is 1. The Balaban J connectivity index is 2.47. The van der Waals surface area contributed by atoms with Crippen LogP contribution in [0.25, 0.3) is 0 Å². The van der Waals surface area contributed by atoms with Crippen LogP contribution in [0.15, 0.2) is 12.1 Å². The summed E-state index contributed by atoms with van der Waals surface area (Å²) < 4.78 is 0. The summed E-state index contributed by atoms with van der Waals surface area (Å²) in [6.07, 6.45) is 2.48. The molecule has 1 heterocycles. The summed E-state index contributed by atoms with van der Waals surface area (Å²) in [5, 5.41) is 3.37. The summed E-state index contributed by atoms with van der Waals surface area (Å²) in [5.41, 5.74) is 0. The molecule has 2 nitrogen and oxygen atoms in total. The van der Waals surface area contributed by atoms with Crippen molar-refractivity contribution < 1.29 is 0 Å². The van der Waals surface area contributed by atoms with Crippen molar-refractivity contribution in [2.24, 2.45) is 0 Å². The van der Waals surface area contributed by atoms with Crippen molar-refractivity contribution in [1.29, 1.82) is 0 Å². The van der Waals surface area contributed by atoms with Gasteiger partial charge in [-0.25, -0.2) is 0 Å². The lowest BCUT2D eigenvalue weighted by Crippen LogP contribution is -2.29. The highest BCUT2D eigenvalue weighted by molar-refractivity contribution is 7.11. The molecule has 0 saturated carbocycles. The second-order valence-electron chi connectivity index (χ2n) is 4.53. The van der Waals surface area contributed by atoms with Crippen LogP contribution in [-0.2, 0) is 13.1 Å². The number of rotatable bonds is 8. The molecule has 0 atom stereocenters. The van der Waals surface area contributed by atoms with Gasteiger partial charge in [-0.1, -0.05) is 20.8 Å². The molecule has 0 spiro atoms. The van der Waals surface area contributed by atoms with E-state index < -0.39 is 0 Å². The van der Waals surface area contributed by atoms with E-state index in [1.807, 2.05) is 11.3 Å². The maximum atomic E-state index is 3.37. The van der Waals surface area contributed by atoms with Gasteiger partial charge in [0.15, 0.2) is 0 Å². The van der Waals surface area contributed by atoms with Crippen molar-refractivity contribution >= 4 is 11.3 Å². The Kier molecular flexibility index (Phi) is 6.78. The number of nitrogens with one attached hydrogen (secondary N) is 1. The first-order chi connectivity index (χ1) is 8.21. The molecule has 1 rings (SSSR count). The zero-order chi connectivity index (χ0) is 12.7. The molecule has 1 aromatic rings. The summed E-state index contributed by atoms with van der Waals surface area (Å²) in [6.45, 7) is 9.83. The minimum Gasteiger partial charge on any atom is -0.312 e. The monoisotopic (exact) mass is 254 g/mol. The molecule has 0 aliphatic carbocycles. The van der Waals surface area contributed by atoms with Crippen LogP contribution in [0.1, 0.15) is 43.4 Å². The van der Waals surface area contributed by atoms with Gasteiger partial charge in [-0.2, -0.15) is 0 Å². The third kappa shape index (κ3) is 4.78. The van der Waals surface area contributed by atoms with Gasteiger partial charge in [0.05, 0.1) is 0 Å². The molecule has 0 unspecified atom stereocenters. The molecule has 0 bridgehead atoms. The Bertz CT molecular complexity index is 305. The normalized spacial score (nSPS) is 11.6. The minimum atomic E-state index is 0.717. The number of nitrogens with zero attached hydrogens (tertiary/aromatic N) is 1. The van der Waals surface area contributed by atoms with Crippen LogP contribution in [0.4, 0.5) is 0 Å². The van der Waals surface area contributed by atoms with Gasteiger partial charge in [0, 0.05) is 28.9 Å². The van der Waals surface area contributed by atoms with Crippen LogP contribution in [0, 0.1) is 0 Å². The molecule has 0 aliphatic rings. The quantitative estimate of drug-likeness (QED) is 0.764. The number of hydrogen-bond acceptors (Lipinski definition) is 3. The Morgan fingerprint density at radius 3 is 2.41 bits per heavy atom. The second-order valence-corrected chi connectivity index (χ2v) is 5.79. The van der Waals surface area contributed by atoms with E-state index in [1.54, 1.807) is 0 Å². The van der Waals surface area contributed by atoms with Crippen molar-refractivity contribution in [3.05, 3.63) is 21.9 Å². The third-order valence-corrected chi connectivity index (χ3v) is 4.31. The summed E-state index contributed by atoms with van der Waals surface area (Å²) in [7, 11) is 2.24. The zero-order valence-corrected chi connectivity index (χ0v) is 12.4. The van der Waals surface area contributed by atoms with E-state index in [0.717, 1.165) is 19.6 Å². The van der Waals surface area contributed by atoms with Gasteiger partial charge in [0.25, 0.3) is 0 Å². The van der Waals surface area contributed by atoms with Crippen molar-refractivity contribution in [1.82, 2.24) is 10.2 Å². The fourth-order valence-electron chi connectivity index (χ4n) is 2.14. The standard InChI is InChI=1S/C14H26N2S/c1-5-12(6-2)16(4)11-14-9-8-13(17-14)10-15-7-3/h8-9,12,15H,5-7,10-11H2,1-4H3. The average Bonchev–Trinajstić information content (AvgIpc) is 2.75. The van der Waals surface area contributed by atoms with Crippen molar-refractivity contribution in [3.63, 3.8) is 0 Å². The lowest BCUT2D eigenvalue weighted by atomic mass is 10.1. The maximum absolute atomic E-state index is 3.37. The molecule has 98 valence electrons. The van der Waals surface area contributed by atoms with E-state index in [0.29, 0.717) is 6.04 Å². The van der Waals surface area contributed by atoms with E-state index >= 15 is 0 Å². The zero-order valence-electron chi connectivity index (χ0n) is 11.6. The van der Waals surface area contributed by atoms with Crippen molar-refractivity contribution in [2.45, 2.75) is 52.7 Å². The second kappa shape index (κ2) is 7.85. The van der Waals surface area contributed by atoms with Crippen LogP contribution < -0.4 is 5.32 Å². The summed E-state index contributed by atoms with van der Waals surface area (Å²) in [6, 6.07) is 5.24.